The number of esters is 1. The van der Waals surface area contributed by atoms with Gasteiger partial charge in [-0.05, 0) is 31.7 Å². The van der Waals surface area contributed by atoms with Crippen molar-refractivity contribution in [1.29, 1.82) is 0 Å². The number of aromatic nitrogens is 1. The Morgan fingerprint density at radius 2 is 1.89 bits per heavy atom. The average Bonchev–Trinajstić information content (AvgIpc) is 2.61. The van der Waals surface area contributed by atoms with Crippen LogP contribution in [0.25, 0.3) is 0 Å². The van der Waals surface area contributed by atoms with E-state index in [9.17, 15) is 4.79 Å². The first-order valence-electron chi connectivity index (χ1n) is 6.19. The summed E-state index contributed by atoms with van der Waals surface area (Å²) >= 11 is 11.7. The highest BCUT2D eigenvalue weighted by Gasteiger charge is 2.20. The number of carbonyl (C=O) groups excluding carboxylic acids is 1. The molecule has 0 aliphatic heterocycles. The number of hydrogen-bond donors (Lipinski definition) is 0. The van der Waals surface area contributed by atoms with Crippen LogP contribution >= 0.6 is 23.2 Å². The van der Waals surface area contributed by atoms with Crippen LogP contribution in [0.15, 0.2) is 12.3 Å². The highest BCUT2D eigenvalue weighted by atomic mass is 35.5. The first kappa shape index (κ1) is 13.6. The minimum atomic E-state index is -0.406. The van der Waals surface area contributed by atoms with E-state index < -0.39 is 5.97 Å². The third-order valence-corrected chi connectivity index (χ3v) is 3.63. The maximum Gasteiger partial charge on any atom is 0.340 e. The molecule has 0 aromatic carbocycles. The number of carbonyl (C=O) groups is 1. The van der Waals surface area contributed by atoms with Crippen LogP contribution < -0.4 is 0 Å². The molecule has 1 fully saturated rings. The van der Waals surface area contributed by atoms with Crippen LogP contribution in [0.1, 0.15) is 48.9 Å². The molecular weight excluding hydrogens is 273 g/mol. The molecule has 1 aromatic heterocycles. The van der Waals surface area contributed by atoms with Gasteiger partial charge in [0.25, 0.3) is 0 Å². The van der Waals surface area contributed by atoms with E-state index in [1.165, 1.54) is 25.1 Å². The monoisotopic (exact) mass is 287 g/mol. The van der Waals surface area contributed by atoms with Crippen molar-refractivity contribution in [2.24, 2.45) is 0 Å². The van der Waals surface area contributed by atoms with Crippen molar-refractivity contribution in [2.45, 2.75) is 44.6 Å². The molecule has 18 heavy (non-hydrogen) atoms. The molecule has 1 heterocycles. The van der Waals surface area contributed by atoms with Crippen LogP contribution in [0.3, 0.4) is 0 Å². The fourth-order valence-corrected chi connectivity index (χ4v) is 2.48. The second-order valence-corrected chi connectivity index (χ2v) is 5.30. The quantitative estimate of drug-likeness (QED) is 0.463. The molecule has 2 rings (SSSR count). The van der Waals surface area contributed by atoms with Crippen molar-refractivity contribution in [1.82, 2.24) is 4.98 Å². The Labute approximate surface area is 116 Å². The average molecular weight is 288 g/mol. The van der Waals surface area contributed by atoms with Gasteiger partial charge >= 0.3 is 5.97 Å². The number of nitrogens with zero attached hydrogens (tertiary/aromatic N) is 1. The molecule has 0 spiro atoms. The third-order valence-electron chi connectivity index (χ3n) is 3.12. The van der Waals surface area contributed by atoms with Gasteiger partial charge in [-0.1, -0.05) is 36.0 Å². The predicted octanol–water partition coefficient (Wildman–Crippen LogP) is 4.27. The maximum absolute atomic E-state index is 12.0. The van der Waals surface area contributed by atoms with Gasteiger partial charge in [0.15, 0.2) is 0 Å². The lowest BCUT2D eigenvalue weighted by Crippen LogP contribution is -2.18. The molecule has 3 nitrogen and oxygen atoms in total. The molecule has 1 saturated carbocycles. The molecule has 0 bridgehead atoms. The summed E-state index contributed by atoms with van der Waals surface area (Å²) in [7, 11) is 0. The minimum Gasteiger partial charge on any atom is -0.459 e. The van der Waals surface area contributed by atoms with Gasteiger partial charge in [0, 0.05) is 6.20 Å². The fourth-order valence-electron chi connectivity index (χ4n) is 2.14. The van der Waals surface area contributed by atoms with Crippen LogP contribution in [-0.4, -0.2) is 17.1 Å². The van der Waals surface area contributed by atoms with Crippen molar-refractivity contribution in [2.75, 3.05) is 0 Å². The summed E-state index contributed by atoms with van der Waals surface area (Å²) in [6.07, 6.45) is 7.90. The molecule has 1 aliphatic rings. The van der Waals surface area contributed by atoms with Crippen molar-refractivity contribution in [3.05, 3.63) is 28.0 Å². The molecule has 0 unspecified atom stereocenters. The minimum absolute atomic E-state index is 0.00278. The summed E-state index contributed by atoms with van der Waals surface area (Å²) in [5.74, 6) is -0.406. The Morgan fingerprint density at radius 1 is 1.22 bits per heavy atom. The largest absolute Gasteiger partial charge is 0.459 e. The number of halogens is 2. The van der Waals surface area contributed by atoms with E-state index in [1.807, 2.05) is 0 Å². The number of pyridine rings is 1. The first-order valence-corrected chi connectivity index (χ1v) is 6.94. The van der Waals surface area contributed by atoms with Gasteiger partial charge < -0.3 is 4.74 Å². The van der Waals surface area contributed by atoms with E-state index in [-0.39, 0.29) is 16.3 Å². The number of ether oxygens (including phenoxy) is 1. The summed E-state index contributed by atoms with van der Waals surface area (Å²) in [6, 6.07) is 1.45. The van der Waals surface area contributed by atoms with Gasteiger partial charge in [-0.3, -0.25) is 0 Å². The molecule has 98 valence electrons. The Morgan fingerprint density at radius 3 is 2.56 bits per heavy atom. The zero-order valence-corrected chi connectivity index (χ0v) is 11.5. The number of hydrogen-bond acceptors (Lipinski definition) is 3. The summed E-state index contributed by atoms with van der Waals surface area (Å²) in [5.41, 5.74) is 0.293. The molecule has 0 saturated heterocycles. The van der Waals surface area contributed by atoms with E-state index >= 15 is 0 Å². The lowest BCUT2D eigenvalue weighted by atomic mass is 10.1. The smallest absolute Gasteiger partial charge is 0.340 e. The SMILES string of the molecule is O=C(OC1CCCCCC1)c1cc(Cl)ncc1Cl. The van der Waals surface area contributed by atoms with E-state index in [0.717, 1.165) is 25.7 Å². The summed E-state index contributed by atoms with van der Waals surface area (Å²) in [4.78, 5) is 15.8. The van der Waals surface area contributed by atoms with Gasteiger partial charge in [-0.15, -0.1) is 0 Å². The molecule has 5 heteroatoms. The molecule has 0 atom stereocenters. The number of rotatable bonds is 2. The fraction of sp³-hybridized carbons (Fsp3) is 0.538. The second kappa shape index (κ2) is 6.39. The first-order chi connectivity index (χ1) is 8.66. The van der Waals surface area contributed by atoms with Crippen molar-refractivity contribution < 1.29 is 9.53 Å². The van der Waals surface area contributed by atoms with Gasteiger partial charge in [0.2, 0.25) is 0 Å². The highest BCUT2D eigenvalue weighted by molar-refractivity contribution is 6.34. The lowest BCUT2D eigenvalue weighted by Gasteiger charge is -2.15. The topological polar surface area (TPSA) is 39.2 Å². The zero-order chi connectivity index (χ0) is 13.0. The van der Waals surface area contributed by atoms with Crippen LogP contribution in [0.2, 0.25) is 10.2 Å². The van der Waals surface area contributed by atoms with Crippen LogP contribution in [0.4, 0.5) is 0 Å². The molecule has 1 aliphatic carbocycles. The highest BCUT2D eigenvalue weighted by Crippen LogP contribution is 2.23. The van der Waals surface area contributed by atoms with E-state index in [4.69, 9.17) is 27.9 Å². The third kappa shape index (κ3) is 3.59. The van der Waals surface area contributed by atoms with Crippen LogP contribution in [-0.2, 0) is 4.74 Å². The summed E-state index contributed by atoms with van der Waals surface area (Å²) in [6.45, 7) is 0. The molecule has 0 amide bonds. The Hall–Kier alpha value is -0.800. The van der Waals surface area contributed by atoms with Gasteiger partial charge in [-0.25, -0.2) is 9.78 Å². The van der Waals surface area contributed by atoms with Crippen molar-refractivity contribution >= 4 is 29.2 Å². The normalized spacial score (nSPS) is 17.2. The Kier molecular flexibility index (Phi) is 4.84. The molecule has 0 N–H and O–H groups in total. The van der Waals surface area contributed by atoms with Gasteiger partial charge in [-0.2, -0.15) is 0 Å². The molecule has 1 aromatic rings. The van der Waals surface area contributed by atoms with Crippen molar-refractivity contribution in [3.63, 3.8) is 0 Å². The molecule has 0 radical (unpaired) electrons. The van der Waals surface area contributed by atoms with E-state index in [1.54, 1.807) is 0 Å². The zero-order valence-electron chi connectivity index (χ0n) is 9.99. The maximum atomic E-state index is 12.0. The van der Waals surface area contributed by atoms with Crippen LogP contribution in [0.5, 0.6) is 0 Å². The van der Waals surface area contributed by atoms with Crippen molar-refractivity contribution in [3.8, 4) is 0 Å². The van der Waals surface area contributed by atoms with E-state index in [0.29, 0.717) is 5.56 Å². The second-order valence-electron chi connectivity index (χ2n) is 4.51. The standard InChI is InChI=1S/C13H15Cl2NO2/c14-11-8-16-12(15)7-10(11)13(17)18-9-5-3-1-2-4-6-9/h7-9H,1-6H2. The lowest BCUT2D eigenvalue weighted by molar-refractivity contribution is 0.0267. The van der Waals surface area contributed by atoms with E-state index in [2.05, 4.69) is 4.98 Å². The molecular formula is C13H15Cl2NO2. The van der Waals surface area contributed by atoms with Gasteiger partial charge in [0.05, 0.1) is 10.6 Å². The Bertz CT molecular complexity index is 429. The van der Waals surface area contributed by atoms with Crippen LogP contribution in [0, 0.1) is 0 Å². The summed E-state index contributed by atoms with van der Waals surface area (Å²) < 4.78 is 5.48. The summed E-state index contributed by atoms with van der Waals surface area (Å²) in [5, 5.41) is 0.519. The van der Waals surface area contributed by atoms with Gasteiger partial charge in [0.1, 0.15) is 11.3 Å². The Balaban J connectivity index is 2.04. The predicted molar refractivity (Wildman–Crippen MR) is 71.2 cm³/mol.